The fourth-order valence-electron chi connectivity index (χ4n) is 7.54. The Balaban J connectivity index is 1.62. The van der Waals surface area contributed by atoms with Gasteiger partial charge >= 0.3 is 5.97 Å². The Morgan fingerprint density at radius 1 is 1.23 bits per heavy atom. The van der Waals surface area contributed by atoms with Gasteiger partial charge in [0.1, 0.15) is 12.2 Å². The standard InChI is InChI=1S/C23H33NO7/c1-21-7-5-14(24-31-12-19(28)29)9-13(21)3-4-15-16-6-8-23(30,18(27)11-25)22(16,2)10-17(26)20(15)21/h9,15-17,20,25-26,30H,3-8,10-12H2,1-2H3,(H,28,29)/b24-14+/t15?,16?,17-,20?,21+,22+,23+/m1/s1. The SMILES string of the molecule is C[C@]12CC/C(=N\OCC(=O)O)C=C1CCC1C2[C@H](O)C[C@@]2(C)C1CC[C@]2(O)C(=O)CO. The van der Waals surface area contributed by atoms with E-state index in [4.69, 9.17) is 9.94 Å². The van der Waals surface area contributed by atoms with Crippen LogP contribution in [0.4, 0.5) is 0 Å². The van der Waals surface area contributed by atoms with Crippen LogP contribution in [0, 0.1) is 28.6 Å². The first-order valence-electron chi connectivity index (χ1n) is 11.2. The van der Waals surface area contributed by atoms with E-state index in [0.29, 0.717) is 19.3 Å². The average molecular weight is 436 g/mol. The average Bonchev–Trinajstić information content (AvgIpc) is 2.98. The van der Waals surface area contributed by atoms with Crippen molar-refractivity contribution in [3.05, 3.63) is 11.6 Å². The topological polar surface area (TPSA) is 137 Å². The van der Waals surface area contributed by atoms with Gasteiger partial charge in [-0.3, -0.25) is 4.79 Å². The summed E-state index contributed by atoms with van der Waals surface area (Å²) in [7, 11) is 0. The number of hydrogen-bond donors (Lipinski definition) is 4. The number of carboxylic acids is 1. The monoisotopic (exact) mass is 435 g/mol. The molecule has 0 saturated heterocycles. The number of carboxylic acid groups (broad SMARTS) is 1. The Hall–Kier alpha value is -1.77. The number of aliphatic carboxylic acids is 1. The van der Waals surface area contributed by atoms with Crippen molar-refractivity contribution in [3.8, 4) is 0 Å². The zero-order chi connectivity index (χ0) is 22.6. The number of Topliss-reactive ketones (excluding diaryl/α,β-unsaturated/α-hetero) is 1. The second kappa shape index (κ2) is 7.67. The molecule has 0 bridgehead atoms. The summed E-state index contributed by atoms with van der Waals surface area (Å²) in [4.78, 5) is 28.0. The molecule has 4 rings (SSSR count). The summed E-state index contributed by atoms with van der Waals surface area (Å²) < 4.78 is 0. The number of fused-ring (bicyclic) bond motifs is 5. The van der Waals surface area contributed by atoms with Crippen LogP contribution in [0.15, 0.2) is 16.8 Å². The minimum atomic E-state index is -1.58. The third kappa shape index (κ3) is 3.26. The number of oxime groups is 1. The first-order chi connectivity index (χ1) is 14.6. The molecule has 3 fully saturated rings. The number of aliphatic hydroxyl groups excluding tert-OH is 2. The minimum absolute atomic E-state index is 0.0265. The van der Waals surface area contributed by atoms with Gasteiger partial charge in [0.2, 0.25) is 6.61 Å². The van der Waals surface area contributed by atoms with Crippen molar-refractivity contribution in [1.29, 1.82) is 0 Å². The quantitative estimate of drug-likeness (QED) is 0.482. The number of hydrogen-bond acceptors (Lipinski definition) is 7. The molecule has 0 amide bonds. The molecule has 0 spiro atoms. The first kappa shape index (κ1) is 22.4. The molecule has 0 aromatic carbocycles. The number of carbonyl (C=O) groups excluding carboxylic acids is 1. The molecule has 3 saturated carbocycles. The highest BCUT2D eigenvalue weighted by atomic mass is 16.6. The van der Waals surface area contributed by atoms with Crippen molar-refractivity contribution < 1.29 is 34.9 Å². The molecule has 0 aromatic rings. The van der Waals surface area contributed by atoms with E-state index in [1.165, 1.54) is 5.57 Å². The fourth-order valence-corrected chi connectivity index (χ4v) is 7.54. The van der Waals surface area contributed by atoms with Crippen LogP contribution in [0.25, 0.3) is 0 Å². The highest BCUT2D eigenvalue weighted by molar-refractivity contribution is 5.96. The zero-order valence-electron chi connectivity index (χ0n) is 18.2. The van der Waals surface area contributed by atoms with Crippen molar-refractivity contribution in [2.45, 2.75) is 70.5 Å². The van der Waals surface area contributed by atoms with E-state index in [0.717, 1.165) is 31.4 Å². The Morgan fingerprint density at radius 2 is 1.97 bits per heavy atom. The van der Waals surface area contributed by atoms with E-state index in [2.05, 4.69) is 12.1 Å². The number of ketones is 1. The summed E-state index contributed by atoms with van der Waals surface area (Å²) >= 11 is 0. The molecule has 7 atom stereocenters. The molecule has 8 heteroatoms. The molecule has 0 radical (unpaired) electrons. The molecule has 31 heavy (non-hydrogen) atoms. The number of rotatable bonds is 5. The fraction of sp³-hybridized carbons (Fsp3) is 0.783. The number of nitrogens with zero attached hydrogens (tertiary/aromatic N) is 1. The van der Waals surface area contributed by atoms with Crippen molar-refractivity contribution in [1.82, 2.24) is 0 Å². The van der Waals surface area contributed by atoms with Gasteiger partial charge in [-0.25, -0.2) is 4.79 Å². The summed E-state index contributed by atoms with van der Waals surface area (Å²) in [5.74, 6) is -1.26. The Morgan fingerprint density at radius 3 is 2.65 bits per heavy atom. The van der Waals surface area contributed by atoms with Gasteiger partial charge in [-0.1, -0.05) is 24.6 Å². The highest BCUT2D eigenvalue weighted by Crippen LogP contribution is 2.67. The van der Waals surface area contributed by atoms with Crippen LogP contribution < -0.4 is 0 Å². The summed E-state index contributed by atoms with van der Waals surface area (Å²) in [6, 6.07) is 0. The molecule has 172 valence electrons. The Kier molecular flexibility index (Phi) is 5.55. The predicted molar refractivity (Wildman–Crippen MR) is 111 cm³/mol. The van der Waals surface area contributed by atoms with Crippen LogP contribution in [-0.4, -0.2) is 62.8 Å². The summed E-state index contributed by atoms with van der Waals surface area (Å²) in [5, 5.41) is 44.8. The number of aliphatic hydroxyl groups is 3. The third-order valence-corrected chi connectivity index (χ3v) is 9.04. The first-order valence-corrected chi connectivity index (χ1v) is 11.2. The van der Waals surface area contributed by atoms with Gasteiger partial charge in [0.05, 0.1) is 11.8 Å². The molecule has 0 aromatic heterocycles. The molecule has 4 aliphatic carbocycles. The van der Waals surface area contributed by atoms with Gasteiger partial charge in [0.15, 0.2) is 5.78 Å². The molecule has 8 nitrogen and oxygen atoms in total. The Labute approximate surface area is 182 Å². The third-order valence-electron chi connectivity index (χ3n) is 9.04. The molecular weight excluding hydrogens is 402 g/mol. The Bertz CT molecular complexity index is 838. The lowest BCUT2D eigenvalue weighted by Gasteiger charge is -2.60. The maximum absolute atomic E-state index is 12.5. The van der Waals surface area contributed by atoms with Gasteiger partial charge in [0, 0.05) is 5.41 Å². The van der Waals surface area contributed by atoms with Crippen LogP contribution >= 0.6 is 0 Å². The zero-order valence-corrected chi connectivity index (χ0v) is 18.2. The lowest BCUT2D eigenvalue weighted by atomic mass is 9.45. The van der Waals surface area contributed by atoms with Gasteiger partial charge in [-0.2, -0.15) is 0 Å². The van der Waals surface area contributed by atoms with Gasteiger partial charge in [-0.05, 0) is 74.2 Å². The number of carbonyl (C=O) groups is 2. The maximum Gasteiger partial charge on any atom is 0.344 e. The maximum atomic E-state index is 12.5. The van der Waals surface area contributed by atoms with E-state index < -0.39 is 42.1 Å². The van der Waals surface area contributed by atoms with Crippen LogP contribution in [0.2, 0.25) is 0 Å². The molecular formula is C23H33NO7. The molecule has 4 aliphatic rings. The second-order valence-electron chi connectivity index (χ2n) is 10.3. The lowest BCUT2D eigenvalue weighted by Crippen LogP contribution is -2.62. The predicted octanol–water partition coefficient (Wildman–Crippen LogP) is 1.67. The van der Waals surface area contributed by atoms with Crippen LogP contribution in [0.5, 0.6) is 0 Å². The summed E-state index contributed by atoms with van der Waals surface area (Å²) in [6.45, 7) is 2.95. The normalized spacial score (nSPS) is 45.3. The van der Waals surface area contributed by atoms with Crippen molar-refractivity contribution >= 4 is 17.5 Å². The van der Waals surface area contributed by atoms with Crippen LogP contribution in [-0.2, 0) is 14.4 Å². The summed E-state index contributed by atoms with van der Waals surface area (Å²) in [5.41, 5.74) is -0.594. The summed E-state index contributed by atoms with van der Waals surface area (Å²) in [6.07, 6.45) is 5.86. The second-order valence-corrected chi connectivity index (χ2v) is 10.3. The molecule has 0 heterocycles. The van der Waals surface area contributed by atoms with Gasteiger partial charge in [-0.15, -0.1) is 0 Å². The molecule has 0 aliphatic heterocycles. The van der Waals surface area contributed by atoms with Crippen LogP contribution in [0.3, 0.4) is 0 Å². The van der Waals surface area contributed by atoms with E-state index in [1.807, 2.05) is 13.0 Å². The van der Waals surface area contributed by atoms with E-state index in [-0.39, 0.29) is 23.2 Å². The lowest BCUT2D eigenvalue weighted by molar-refractivity contribution is -0.181. The minimum Gasteiger partial charge on any atom is -0.479 e. The highest BCUT2D eigenvalue weighted by Gasteiger charge is 2.68. The van der Waals surface area contributed by atoms with Gasteiger partial charge < -0.3 is 25.3 Å². The van der Waals surface area contributed by atoms with E-state index >= 15 is 0 Å². The van der Waals surface area contributed by atoms with Crippen LogP contribution in [0.1, 0.15) is 58.8 Å². The molecule has 4 N–H and O–H groups in total. The van der Waals surface area contributed by atoms with E-state index in [1.54, 1.807) is 0 Å². The smallest absolute Gasteiger partial charge is 0.344 e. The van der Waals surface area contributed by atoms with Crippen molar-refractivity contribution in [3.63, 3.8) is 0 Å². The van der Waals surface area contributed by atoms with Crippen molar-refractivity contribution in [2.24, 2.45) is 33.7 Å². The van der Waals surface area contributed by atoms with E-state index in [9.17, 15) is 24.9 Å². The number of allylic oxidation sites excluding steroid dienone is 2. The van der Waals surface area contributed by atoms with Gasteiger partial charge in [0.25, 0.3) is 0 Å². The van der Waals surface area contributed by atoms with Crippen molar-refractivity contribution in [2.75, 3.05) is 13.2 Å². The largest absolute Gasteiger partial charge is 0.479 e. The molecule has 3 unspecified atom stereocenters.